The molecule has 7 nitrogen and oxygen atoms in total. The average molecular weight is 530 g/mol. The van der Waals surface area contributed by atoms with Crippen molar-refractivity contribution in [2.75, 3.05) is 13.1 Å². The summed E-state index contributed by atoms with van der Waals surface area (Å²) in [6.45, 7) is 3.76. The van der Waals surface area contributed by atoms with E-state index in [2.05, 4.69) is 53.2 Å². The van der Waals surface area contributed by atoms with E-state index in [-0.39, 0.29) is 11.5 Å². The predicted molar refractivity (Wildman–Crippen MR) is 148 cm³/mol. The molecular weight excluding hydrogens is 490 g/mol. The minimum Gasteiger partial charge on any atom is -0.388 e. The smallest absolute Gasteiger partial charge is 0.121 e. The second-order valence-corrected chi connectivity index (χ2v) is 13.4. The molecule has 2 saturated carbocycles. The van der Waals surface area contributed by atoms with Crippen LogP contribution >= 0.6 is 0 Å². The van der Waals surface area contributed by atoms with Crippen LogP contribution in [0, 0.1) is 11.3 Å². The van der Waals surface area contributed by atoms with Crippen molar-refractivity contribution in [1.29, 1.82) is 0 Å². The Balaban J connectivity index is 1.18. The molecule has 2 bridgehead atoms. The van der Waals surface area contributed by atoms with Crippen LogP contribution in [0.25, 0.3) is 10.8 Å². The maximum Gasteiger partial charge on any atom is 0.121 e. The van der Waals surface area contributed by atoms with Crippen LogP contribution in [0.5, 0.6) is 0 Å². The van der Waals surface area contributed by atoms with Crippen molar-refractivity contribution in [2.45, 2.75) is 93.0 Å². The van der Waals surface area contributed by atoms with Gasteiger partial charge >= 0.3 is 0 Å². The van der Waals surface area contributed by atoms with Gasteiger partial charge in [-0.25, -0.2) is 0 Å². The van der Waals surface area contributed by atoms with Crippen LogP contribution < -0.4 is 5.73 Å². The van der Waals surface area contributed by atoms with E-state index < -0.39 is 35.6 Å². The van der Waals surface area contributed by atoms with Crippen LogP contribution in [0.15, 0.2) is 60.0 Å². The number of fused-ring (bicyclic) bond motifs is 2. The second-order valence-electron chi connectivity index (χ2n) is 13.4. The van der Waals surface area contributed by atoms with Crippen molar-refractivity contribution in [3.63, 3.8) is 0 Å². The zero-order chi connectivity index (χ0) is 26.7. The van der Waals surface area contributed by atoms with E-state index in [1.165, 1.54) is 16.3 Å². The molecule has 1 aromatic heterocycles. The largest absolute Gasteiger partial charge is 0.388 e. The Morgan fingerprint density at radius 2 is 1.90 bits per heavy atom. The lowest BCUT2D eigenvalue weighted by atomic mass is 9.58. The summed E-state index contributed by atoms with van der Waals surface area (Å²) in [6, 6.07) is 8.33. The topological polar surface area (TPSA) is 112 Å². The third-order valence-electron chi connectivity index (χ3n) is 11.7. The van der Waals surface area contributed by atoms with E-state index in [0.29, 0.717) is 36.9 Å². The first-order valence-electron chi connectivity index (χ1n) is 14.8. The molecule has 0 radical (unpaired) electrons. The zero-order valence-corrected chi connectivity index (χ0v) is 22.5. The van der Waals surface area contributed by atoms with E-state index >= 15 is 0 Å². The van der Waals surface area contributed by atoms with Gasteiger partial charge in [-0.2, -0.15) is 0 Å². The molecule has 6 aliphatic rings. The summed E-state index contributed by atoms with van der Waals surface area (Å²) < 4.78 is 7.24. The normalized spacial score (nSPS) is 46.9. The third-order valence-corrected chi connectivity index (χ3v) is 11.7. The molecule has 10 atom stereocenters. The Morgan fingerprint density at radius 1 is 1.05 bits per heavy atom. The lowest BCUT2D eigenvalue weighted by Gasteiger charge is -2.57. The lowest BCUT2D eigenvalue weighted by molar-refractivity contribution is -0.214. The molecule has 8 rings (SSSR count). The molecule has 0 amide bonds. The Hall–Kier alpha value is -2.13. The highest BCUT2D eigenvalue weighted by Crippen LogP contribution is 2.69. The first-order valence-corrected chi connectivity index (χ1v) is 14.8. The summed E-state index contributed by atoms with van der Waals surface area (Å²) in [7, 11) is 0. The van der Waals surface area contributed by atoms with Crippen LogP contribution in [-0.4, -0.2) is 79.9 Å². The van der Waals surface area contributed by atoms with Gasteiger partial charge in [0.15, 0.2) is 0 Å². The lowest BCUT2D eigenvalue weighted by Crippen LogP contribution is -2.70. The number of aliphatic hydroxyl groups is 3. The zero-order valence-electron chi connectivity index (χ0n) is 22.5. The molecule has 2 saturated heterocycles. The first-order chi connectivity index (χ1) is 18.8. The fourth-order valence-electron chi connectivity index (χ4n) is 9.83. The fraction of sp³-hybridized carbons (Fsp3) is 0.594. The summed E-state index contributed by atoms with van der Waals surface area (Å²) in [4.78, 5) is 6.42. The number of benzene rings is 1. The number of pyridine rings is 1. The van der Waals surface area contributed by atoms with Gasteiger partial charge in [-0.15, -0.1) is 0 Å². The van der Waals surface area contributed by atoms with Gasteiger partial charge in [-0.1, -0.05) is 31.2 Å². The Labute approximate surface area is 229 Å². The van der Waals surface area contributed by atoms with Crippen molar-refractivity contribution < 1.29 is 20.1 Å². The van der Waals surface area contributed by atoms with Gasteiger partial charge in [0.1, 0.15) is 23.9 Å². The molecule has 5 N–H and O–H groups in total. The first kappa shape index (κ1) is 24.6. The van der Waals surface area contributed by atoms with Gasteiger partial charge in [0.05, 0.1) is 11.6 Å². The third kappa shape index (κ3) is 3.12. The van der Waals surface area contributed by atoms with Gasteiger partial charge in [-0.05, 0) is 90.0 Å². The number of ether oxygens (including phenoxy) is 1. The monoisotopic (exact) mass is 529 g/mol. The number of rotatable bonds is 2. The molecule has 5 unspecified atom stereocenters. The molecule has 3 aliphatic carbocycles. The predicted octanol–water partition coefficient (Wildman–Crippen LogP) is 2.79. The minimum absolute atomic E-state index is 0.0214. The van der Waals surface area contributed by atoms with Crippen LogP contribution in [0.1, 0.15) is 56.9 Å². The quantitative estimate of drug-likeness (QED) is 0.473. The molecule has 2 aromatic rings. The fourth-order valence-corrected chi connectivity index (χ4v) is 9.83. The van der Waals surface area contributed by atoms with Crippen molar-refractivity contribution in [2.24, 2.45) is 17.1 Å². The molecular formula is C32H39N3O4. The summed E-state index contributed by atoms with van der Waals surface area (Å²) in [5.41, 5.74) is 7.93. The van der Waals surface area contributed by atoms with Crippen molar-refractivity contribution in [1.82, 2.24) is 9.88 Å². The number of nitrogens with two attached hydrogens (primary N) is 1. The van der Waals surface area contributed by atoms with E-state index in [1.54, 1.807) is 0 Å². The summed E-state index contributed by atoms with van der Waals surface area (Å²) in [5, 5.41) is 37.0. The number of likely N-dealkylation sites (tertiary alicyclic amines) is 1. The SMILES string of the molecule is C[C@]12CC=C3C=C4C(O)C(O)[C@@H](N5CC[C@@H](N)C5)C(O)[C@]45CCC3(O5)[C@@H]1CCC2c1ccc2ccncc2c1. The Morgan fingerprint density at radius 3 is 2.72 bits per heavy atom. The standard InChI is InChI=1S/C32H39N3O4/c1-30-9-6-21-15-24-27(36)28(37)26(35-13-8-22(33)17-35)29(38)32(24)11-10-31(21,39-32)25(30)5-4-23(30)19-3-2-18-7-12-34-16-20(18)14-19/h2-3,6-7,12,14-16,22-23,25-29,36-38H,4-5,8-11,13,17,33H2,1H3/t22-,23?,25-,26-,27?,28?,29?,30-,31?,32+/m1/s1. The molecule has 206 valence electrons. The van der Waals surface area contributed by atoms with Gasteiger partial charge in [0.25, 0.3) is 0 Å². The molecule has 4 fully saturated rings. The van der Waals surface area contributed by atoms with E-state index in [1.807, 2.05) is 12.4 Å². The molecule has 7 heteroatoms. The molecule has 2 spiro atoms. The van der Waals surface area contributed by atoms with Crippen LogP contribution in [0.4, 0.5) is 0 Å². The molecule has 3 aliphatic heterocycles. The van der Waals surface area contributed by atoms with Gasteiger partial charge < -0.3 is 25.8 Å². The average Bonchev–Trinajstić information content (AvgIpc) is 3.62. The van der Waals surface area contributed by atoms with E-state index in [4.69, 9.17) is 10.5 Å². The summed E-state index contributed by atoms with van der Waals surface area (Å²) in [5.74, 6) is 0.721. The number of allylic oxidation sites excluding steroid dienone is 1. The van der Waals surface area contributed by atoms with Crippen LogP contribution in [0.2, 0.25) is 0 Å². The second kappa shape index (κ2) is 8.21. The number of nitrogens with zero attached hydrogens (tertiary/aromatic N) is 2. The maximum atomic E-state index is 12.0. The maximum absolute atomic E-state index is 12.0. The van der Waals surface area contributed by atoms with Gasteiger partial charge in [0.2, 0.25) is 0 Å². The van der Waals surface area contributed by atoms with Crippen LogP contribution in [-0.2, 0) is 4.74 Å². The number of aromatic nitrogens is 1. The number of hydrogen-bond donors (Lipinski definition) is 4. The Bertz CT molecular complexity index is 1410. The van der Waals surface area contributed by atoms with Crippen molar-refractivity contribution >= 4 is 10.8 Å². The van der Waals surface area contributed by atoms with E-state index in [9.17, 15) is 15.3 Å². The van der Waals surface area contributed by atoms with Crippen LogP contribution in [0.3, 0.4) is 0 Å². The molecule has 4 heterocycles. The van der Waals surface area contributed by atoms with Gasteiger partial charge in [0, 0.05) is 36.9 Å². The number of hydrogen-bond acceptors (Lipinski definition) is 7. The number of aliphatic hydroxyl groups excluding tert-OH is 3. The van der Waals surface area contributed by atoms with Gasteiger partial charge in [-0.3, -0.25) is 9.88 Å². The molecule has 39 heavy (non-hydrogen) atoms. The van der Waals surface area contributed by atoms with Crippen molar-refractivity contribution in [3.05, 3.63) is 65.5 Å². The molecule has 1 aromatic carbocycles. The van der Waals surface area contributed by atoms with Crippen molar-refractivity contribution in [3.8, 4) is 0 Å². The minimum atomic E-state index is -1.08. The highest BCUT2D eigenvalue weighted by atomic mass is 16.5. The highest BCUT2D eigenvalue weighted by Gasteiger charge is 2.71. The highest BCUT2D eigenvalue weighted by molar-refractivity contribution is 5.82. The summed E-state index contributed by atoms with van der Waals surface area (Å²) >= 11 is 0. The Kier molecular flexibility index (Phi) is 5.19. The van der Waals surface area contributed by atoms with E-state index in [0.717, 1.165) is 37.7 Å². The summed E-state index contributed by atoms with van der Waals surface area (Å²) in [6.07, 6.45) is 10.6.